The summed E-state index contributed by atoms with van der Waals surface area (Å²) in [4.78, 5) is 9.88. The molecule has 16 heavy (non-hydrogen) atoms. The van der Waals surface area contributed by atoms with Crippen molar-refractivity contribution in [2.75, 3.05) is 0 Å². The van der Waals surface area contributed by atoms with Crippen molar-refractivity contribution in [3.05, 3.63) is 39.7 Å². The van der Waals surface area contributed by atoms with Gasteiger partial charge in [-0.15, -0.1) is 12.4 Å². The van der Waals surface area contributed by atoms with E-state index in [-0.39, 0.29) is 18.0 Å². The fourth-order valence-electron chi connectivity index (χ4n) is 1.22. The van der Waals surface area contributed by atoms with Gasteiger partial charge in [-0.25, -0.2) is 4.39 Å². The lowest BCUT2D eigenvalue weighted by Gasteiger charge is -2.14. The summed E-state index contributed by atoms with van der Waals surface area (Å²) >= 11 is 0. The minimum Gasteiger partial charge on any atom is -0.391 e. The molecule has 2 atom stereocenters. The third-order valence-electron chi connectivity index (χ3n) is 2.07. The lowest BCUT2D eigenvalue weighted by molar-refractivity contribution is -0.386. The molecule has 0 aliphatic heterocycles. The molecule has 0 aromatic heterocycles. The molecule has 5 nitrogen and oxygen atoms in total. The van der Waals surface area contributed by atoms with Crippen molar-refractivity contribution in [1.82, 2.24) is 0 Å². The highest BCUT2D eigenvalue weighted by Gasteiger charge is 2.22. The zero-order chi connectivity index (χ0) is 11.6. The van der Waals surface area contributed by atoms with Crippen LogP contribution in [0.1, 0.15) is 18.5 Å². The first-order valence-electron chi connectivity index (χ1n) is 4.31. The first-order chi connectivity index (χ1) is 6.93. The van der Waals surface area contributed by atoms with Crippen LogP contribution in [0.4, 0.5) is 10.1 Å². The van der Waals surface area contributed by atoms with Gasteiger partial charge < -0.3 is 10.8 Å². The Kier molecular flexibility index (Phi) is 5.29. The number of nitrogens with two attached hydrogens (primary N) is 1. The third kappa shape index (κ3) is 3.13. The van der Waals surface area contributed by atoms with Crippen LogP contribution in [0.25, 0.3) is 0 Å². The van der Waals surface area contributed by atoms with Crippen LogP contribution in [-0.4, -0.2) is 16.1 Å². The van der Waals surface area contributed by atoms with E-state index in [1.165, 1.54) is 13.0 Å². The minimum atomic E-state index is -0.936. The van der Waals surface area contributed by atoms with Crippen LogP contribution in [0, 0.1) is 15.9 Å². The maximum Gasteiger partial charge on any atom is 0.277 e. The first-order valence-corrected chi connectivity index (χ1v) is 4.31. The molecule has 7 heteroatoms. The molecule has 0 heterocycles. The van der Waals surface area contributed by atoms with E-state index in [4.69, 9.17) is 5.73 Å². The number of hydrogen-bond donors (Lipinski definition) is 2. The number of rotatable bonds is 3. The highest BCUT2D eigenvalue weighted by Crippen LogP contribution is 2.26. The van der Waals surface area contributed by atoms with Crippen LogP contribution in [0.2, 0.25) is 0 Å². The number of nitro benzene ring substituents is 1. The molecule has 0 spiro atoms. The van der Waals surface area contributed by atoms with Gasteiger partial charge in [0.05, 0.1) is 23.1 Å². The molecule has 3 N–H and O–H groups in total. The molecule has 90 valence electrons. The Morgan fingerprint density at radius 2 is 2.12 bits per heavy atom. The van der Waals surface area contributed by atoms with Crippen molar-refractivity contribution in [3.8, 4) is 0 Å². The fourth-order valence-corrected chi connectivity index (χ4v) is 1.22. The van der Waals surface area contributed by atoms with Gasteiger partial charge in [0, 0.05) is 5.56 Å². The summed E-state index contributed by atoms with van der Waals surface area (Å²) in [6.45, 7) is 1.41. The molecule has 0 saturated carbocycles. The van der Waals surface area contributed by atoms with E-state index in [2.05, 4.69) is 0 Å². The van der Waals surface area contributed by atoms with E-state index < -0.39 is 28.6 Å². The van der Waals surface area contributed by atoms with E-state index in [0.717, 1.165) is 12.1 Å². The fraction of sp³-hybridized carbons (Fsp3) is 0.333. The van der Waals surface area contributed by atoms with Crippen molar-refractivity contribution < 1.29 is 14.4 Å². The largest absolute Gasteiger partial charge is 0.391 e. The second-order valence-corrected chi connectivity index (χ2v) is 3.23. The van der Waals surface area contributed by atoms with Crippen molar-refractivity contribution in [2.45, 2.75) is 19.1 Å². The molecule has 0 aliphatic carbocycles. The van der Waals surface area contributed by atoms with Crippen molar-refractivity contribution in [3.63, 3.8) is 0 Å². The van der Waals surface area contributed by atoms with Gasteiger partial charge >= 0.3 is 0 Å². The van der Waals surface area contributed by atoms with Crippen molar-refractivity contribution >= 4 is 18.1 Å². The zero-order valence-corrected chi connectivity index (χ0v) is 9.28. The van der Waals surface area contributed by atoms with Crippen LogP contribution in [0.5, 0.6) is 0 Å². The highest BCUT2D eigenvalue weighted by atomic mass is 35.5. The molecule has 0 aliphatic rings. The summed E-state index contributed by atoms with van der Waals surface area (Å²) in [6.07, 6.45) is -0.936. The molecule has 0 bridgehead atoms. The number of benzene rings is 1. The van der Waals surface area contributed by atoms with Crippen LogP contribution < -0.4 is 5.73 Å². The Bertz CT molecular complexity index is 387. The maximum atomic E-state index is 12.8. The predicted molar refractivity (Wildman–Crippen MR) is 58.9 cm³/mol. The number of hydrogen-bond acceptors (Lipinski definition) is 4. The first kappa shape index (κ1) is 14.8. The summed E-state index contributed by atoms with van der Waals surface area (Å²) in [5.74, 6) is -0.705. The number of halogens is 2. The highest BCUT2D eigenvalue weighted by molar-refractivity contribution is 5.85. The molecule has 1 aromatic carbocycles. The molecule has 1 aromatic rings. The average molecular weight is 251 g/mol. The van der Waals surface area contributed by atoms with E-state index >= 15 is 0 Å². The van der Waals surface area contributed by atoms with E-state index in [1.54, 1.807) is 0 Å². The van der Waals surface area contributed by atoms with Crippen LogP contribution in [-0.2, 0) is 0 Å². The molecule has 0 unspecified atom stereocenters. The van der Waals surface area contributed by atoms with E-state index in [0.29, 0.717) is 0 Å². The van der Waals surface area contributed by atoms with Gasteiger partial charge in [-0.2, -0.15) is 0 Å². The SMILES string of the molecule is C[C@@H](O)[C@@H](N)c1ccc(F)cc1[N+](=O)[O-].Cl. The average Bonchev–Trinajstić information content (AvgIpc) is 2.16. The normalized spacial score (nSPS) is 13.8. The summed E-state index contributed by atoms with van der Waals surface area (Å²) < 4.78 is 12.8. The summed E-state index contributed by atoms with van der Waals surface area (Å²) in [5.41, 5.74) is 5.26. The molecule has 1 rings (SSSR count). The zero-order valence-electron chi connectivity index (χ0n) is 8.46. The van der Waals surface area contributed by atoms with Crippen LogP contribution >= 0.6 is 12.4 Å². The molecule has 0 saturated heterocycles. The van der Waals surface area contributed by atoms with Crippen molar-refractivity contribution in [2.24, 2.45) is 5.73 Å². The Morgan fingerprint density at radius 3 is 2.56 bits per heavy atom. The topological polar surface area (TPSA) is 89.4 Å². The third-order valence-corrected chi connectivity index (χ3v) is 2.07. The van der Waals surface area contributed by atoms with Gasteiger partial charge in [0.2, 0.25) is 0 Å². The van der Waals surface area contributed by atoms with Crippen molar-refractivity contribution in [1.29, 1.82) is 0 Å². The molecular weight excluding hydrogens is 239 g/mol. The molecule has 0 amide bonds. The number of aliphatic hydroxyl groups is 1. The van der Waals surface area contributed by atoms with Crippen LogP contribution in [0.15, 0.2) is 18.2 Å². The molecule has 0 fully saturated rings. The number of nitrogens with zero attached hydrogens (tertiary/aromatic N) is 1. The molecule has 0 radical (unpaired) electrons. The Balaban J connectivity index is 0.00000225. The summed E-state index contributed by atoms with van der Waals surface area (Å²) in [6, 6.07) is 2.18. The van der Waals surface area contributed by atoms with Crippen LogP contribution in [0.3, 0.4) is 0 Å². The number of aliphatic hydroxyl groups excluding tert-OH is 1. The van der Waals surface area contributed by atoms with E-state index in [1.807, 2.05) is 0 Å². The summed E-state index contributed by atoms with van der Waals surface area (Å²) in [5, 5.41) is 19.8. The standard InChI is InChI=1S/C9H11FN2O3.ClH/c1-5(13)9(11)7-3-2-6(10)4-8(7)12(14)15;/h2-5,9,13H,11H2,1H3;1H/t5-,9-;/m1./s1. The molecular formula is C9H12ClFN2O3. The quantitative estimate of drug-likeness (QED) is 0.629. The van der Waals surface area contributed by atoms with Gasteiger partial charge in [0.1, 0.15) is 5.82 Å². The van der Waals surface area contributed by atoms with E-state index in [9.17, 15) is 19.6 Å². The predicted octanol–water partition coefficient (Wildman–Crippen LogP) is 1.54. The monoisotopic (exact) mass is 250 g/mol. The minimum absolute atomic E-state index is 0. The van der Waals surface area contributed by atoms with Gasteiger partial charge in [0.15, 0.2) is 0 Å². The van der Waals surface area contributed by atoms with Gasteiger partial charge in [0.25, 0.3) is 5.69 Å². The second-order valence-electron chi connectivity index (χ2n) is 3.23. The van der Waals surface area contributed by atoms with Gasteiger partial charge in [-0.3, -0.25) is 10.1 Å². The van der Waals surface area contributed by atoms with Gasteiger partial charge in [-0.1, -0.05) is 0 Å². The summed E-state index contributed by atoms with van der Waals surface area (Å²) in [7, 11) is 0. The lowest BCUT2D eigenvalue weighted by atomic mass is 10.0. The second kappa shape index (κ2) is 5.74. The Labute approximate surface area is 97.6 Å². The Hall–Kier alpha value is -1.24. The number of nitro groups is 1. The lowest BCUT2D eigenvalue weighted by Crippen LogP contribution is -2.24. The Morgan fingerprint density at radius 1 is 1.56 bits per heavy atom. The maximum absolute atomic E-state index is 12.8. The van der Waals surface area contributed by atoms with Gasteiger partial charge in [-0.05, 0) is 19.1 Å². The smallest absolute Gasteiger partial charge is 0.277 e.